The first-order chi connectivity index (χ1) is 4.38. The third-order valence-corrected chi connectivity index (χ3v) is 1.40. The van der Waals surface area contributed by atoms with E-state index in [1.54, 1.807) is 0 Å². The number of imidazole rings is 1. The molecule has 0 unspecified atom stereocenters. The molecule has 2 nitrogen and oxygen atoms in total. The van der Waals surface area contributed by atoms with Crippen LogP contribution in [0.3, 0.4) is 0 Å². The van der Waals surface area contributed by atoms with Crippen LogP contribution in [-0.4, -0.2) is 9.55 Å². The lowest BCUT2D eigenvalue weighted by Crippen LogP contribution is -1.96. The second kappa shape index (κ2) is 2.67. The van der Waals surface area contributed by atoms with Gasteiger partial charge < -0.3 is 4.57 Å². The summed E-state index contributed by atoms with van der Waals surface area (Å²) >= 11 is 0. The summed E-state index contributed by atoms with van der Waals surface area (Å²) in [4.78, 5) is 3.99. The highest BCUT2D eigenvalue weighted by atomic mass is 15.0. The molecule has 2 heteroatoms. The highest BCUT2D eigenvalue weighted by Gasteiger charge is 1.93. The van der Waals surface area contributed by atoms with Crippen LogP contribution in [-0.2, 0) is 13.0 Å². The molecule has 49 valence electrons. The average molecular weight is 123 g/mol. The SMILES string of the molecule is [CH2]Cc1cncn1CC. The van der Waals surface area contributed by atoms with Crippen molar-refractivity contribution in [2.75, 3.05) is 0 Å². The zero-order valence-electron chi connectivity index (χ0n) is 5.67. The van der Waals surface area contributed by atoms with Gasteiger partial charge in [0.25, 0.3) is 0 Å². The van der Waals surface area contributed by atoms with Gasteiger partial charge in [0.15, 0.2) is 0 Å². The zero-order chi connectivity index (χ0) is 6.69. The minimum Gasteiger partial charge on any atom is -0.335 e. The van der Waals surface area contributed by atoms with Gasteiger partial charge in [0.05, 0.1) is 6.33 Å². The number of aryl methyl sites for hydroxylation is 1. The highest BCUT2D eigenvalue weighted by Crippen LogP contribution is 1.97. The van der Waals surface area contributed by atoms with Crippen LogP contribution in [0.15, 0.2) is 12.5 Å². The molecule has 0 aliphatic heterocycles. The van der Waals surface area contributed by atoms with Crippen LogP contribution in [0.4, 0.5) is 0 Å². The van der Waals surface area contributed by atoms with Crippen LogP contribution >= 0.6 is 0 Å². The van der Waals surface area contributed by atoms with Gasteiger partial charge in [-0.05, 0) is 20.3 Å². The van der Waals surface area contributed by atoms with Crippen LogP contribution < -0.4 is 0 Å². The molecule has 0 fully saturated rings. The maximum atomic E-state index is 3.99. The van der Waals surface area contributed by atoms with Crippen LogP contribution in [0.1, 0.15) is 12.6 Å². The van der Waals surface area contributed by atoms with Crippen molar-refractivity contribution >= 4 is 0 Å². The Labute approximate surface area is 55.5 Å². The number of nitrogens with zero attached hydrogens (tertiary/aromatic N) is 2. The first-order valence-corrected chi connectivity index (χ1v) is 3.16. The summed E-state index contributed by atoms with van der Waals surface area (Å²) in [5.74, 6) is 0. The van der Waals surface area contributed by atoms with Crippen LogP contribution in [0, 0.1) is 6.92 Å². The number of rotatable bonds is 2. The van der Waals surface area contributed by atoms with Crippen molar-refractivity contribution in [3.8, 4) is 0 Å². The van der Waals surface area contributed by atoms with Crippen molar-refractivity contribution in [3.05, 3.63) is 25.1 Å². The molecule has 0 spiro atoms. The maximum absolute atomic E-state index is 3.99. The topological polar surface area (TPSA) is 17.8 Å². The summed E-state index contributed by atoms with van der Waals surface area (Å²) in [5.41, 5.74) is 1.21. The fraction of sp³-hybridized carbons (Fsp3) is 0.429. The Bertz CT molecular complexity index is 160. The molecule has 0 N–H and O–H groups in total. The van der Waals surface area contributed by atoms with Gasteiger partial charge in [0.2, 0.25) is 0 Å². The third kappa shape index (κ3) is 1.12. The van der Waals surface area contributed by atoms with Crippen molar-refractivity contribution in [1.29, 1.82) is 0 Å². The standard InChI is InChI=1S/C7H11N2/c1-3-7-5-8-6-9(7)4-2/h5-6H,1,3-4H2,2H3. The zero-order valence-corrected chi connectivity index (χ0v) is 5.67. The lowest BCUT2D eigenvalue weighted by molar-refractivity contribution is 0.725. The lowest BCUT2D eigenvalue weighted by atomic mass is 10.4. The van der Waals surface area contributed by atoms with E-state index in [0.29, 0.717) is 0 Å². The Hall–Kier alpha value is -0.790. The van der Waals surface area contributed by atoms with E-state index in [9.17, 15) is 0 Å². The molecule has 0 saturated carbocycles. The Kier molecular flexibility index (Phi) is 1.88. The number of aromatic nitrogens is 2. The second-order valence-corrected chi connectivity index (χ2v) is 1.92. The van der Waals surface area contributed by atoms with Crippen molar-refractivity contribution in [3.63, 3.8) is 0 Å². The lowest BCUT2D eigenvalue weighted by Gasteiger charge is -1.99. The van der Waals surface area contributed by atoms with Crippen molar-refractivity contribution < 1.29 is 0 Å². The van der Waals surface area contributed by atoms with Crippen LogP contribution in [0.2, 0.25) is 0 Å². The van der Waals surface area contributed by atoms with E-state index < -0.39 is 0 Å². The van der Waals surface area contributed by atoms with Crippen LogP contribution in [0.25, 0.3) is 0 Å². The van der Waals surface area contributed by atoms with E-state index >= 15 is 0 Å². The quantitative estimate of drug-likeness (QED) is 0.579. The Morgan fingerprint density at radius 3 is 3.00 bits per heavy atom. The minimum absolute atomic E-state index is 0.827. The molecule has 0 amide bonds. The number of hydrogen-bond acceptors (Lipinski definition) is 1. The first-order valence-electron chi connectivity index (χ1n) is 3.16. The van der Waals surface area contributed by atoms with Gasteiger partial charge in [-0.1, -0.05) is 0 Å². The summed E-state index contributed by atoms with van der Waals surface area (Å²) in [6.45, 7) is 6.86. The van der Waals surface area contributed by atoms with E-state index in [1.807, 2.05) is 12.5 Å². The molecule has 0 aliphatic rings. The predicted octanol–water partition coefficient (Wildman–Crippen LogP) is 1.28. The predicted molar refractivity (Wildman–Crippen MR) is 37.0 cm³/mol. The monoisotopic (exact) mass is 123 g/mol. The third-order valence-electron chi connectivity index (χ3n) is 1.40. The molecule has 0 aromatic carbocycles. The summed E-state index contributed by atoms with van der Waals surface area (Å²) in [5, 5.41) is 0. The van der Waals surface area contributed by atoms with Gasteiger partial charge in [-0.2, -0.15) is 0 Å². The molecule has 1 aromatic rings. The molecular formula is C7H11N2. The average Bonchev–Trinajstić information content (AvgIpc) is 2.33. The highest BCUT2D eigenvalue weighted by molar-refractivity contribution is 4.98. The van der Waals surface area contributed by atoms with E-state index in [0.717, 1.165) is 13.0 Å². The summed E-state index contributed by atoms with van der Waals surface area (Å²) in [7, 11) is 0. The van der Waals surface area contributed by atoms with Gasteiger partial charge in [-0.25, -0.2) is 4.98 Å². The maximum Gasteiger partial charge on any atom is 0.0948 e. The van der Waals surface area contributed by atoms with Gasteiger partial charge in [0, 0.05) is 18.4 Å². The molecule has 0 atom stereocenters. The fourth-order valence-corrected chi connectivity index (χ4v) is 0.841. The van der Waals surface area contributed by atoms with Gasteiger partial charge in [-0.15, -0.1) is 0 Å². The normalized spacial score (nSPS) is 10.0. The van der Waals surface area contributed by atoms with E-state index in [1.165, 1.54) is 5.69 Å². The van der Waals surface area contributed by atoms with Gasteiger partial charge in [0.1, 0.15) is 0 Å². The molecule has 0 bridgehead atoms. The molecular weight excluding hydrogens is 112 g/mol. The summed E-state index contributed by atoms with van der Waals surface area (Å²) in [6, 6.07) is 0. The Morgan fingerprint density at radius 1 is 1.78 bits per heavy atom. The molecule has 1 radical (unpaired) electrons. The van der Waals surface area contributed by atoms with Crippen LogP contribution in [0.5, 0.6) is 0 Å². The molecule has 1 heterocycles. The van der Waals surface area contributed by atoms with Crippen molar-refractivity contribution in [1.82, 2.24) is 9.55 Å². The van der Waals surface area contributed by atoms with Crippen molar-refractivity contribution in [2.45, 2.75) is 19.9 Å². The van der Waals surface area contributed by atoms with E-state index in [-0.39, 0.29) is 0 Å². The fourth-order valence-electron chi connectivity index (χ4n) is 0.841. The largest absolute Gasteiger partial charge is 0.335 e. The Morgan fingerprint density at radius 2 is 2.56 bits per heavy atom. The summed E-state index contributed by atoms with van der Waals surface area (Å²) < 4.78 is 2.09. The van der Waals surface area contributed by atoms with Crippen molar-refractivity contribution in [2.24, 2.45) is 0 Å². The molecule has 0 saturated heterocycles. The van der Waals surface area contributed by atoms with Gasteiger partial charge in [-0.3, -0.25) is 0 Å². The molecule has 1 aromatic heterocycles. The Balaban J connectivity index is 2.85. The molecule has 0 aliphatic carbocycles. The molecule has 1 rings (SSSR count). The number of hydrogen-bond donors (Lipinski definition) is 0. The summed E-state index contributed by atoms with van der Waals surface area (Å²) in [6.07, 6.45) is 4.52. The second-order valence-electron chi connectivity index (χ2n) is 1.92. The van der Waals surface area contributed by atoms with Gasteiger partial charge >= 0.3 is 0 Å². The minimum atomic E-state index is 0.827. The smallest absolute Gasteiger partial charge is 0.0948 e. The van der Waals surface area contributed by atoms with E-state index in [2.05, 4.69) is 23.4 Å². The first kappa shape index (κ1) is 6.33. The van der Waals surface area contributed by atoms with E-state index in [4.69, 9.17) is 0 Å². The molecule has 9 heavy (non-hydrogen) atoms.